The molecule has 0 unspecified atom stereocenters. The summed E-state index contributed by atoms with van der Waals surface area (Å²) in [5.74, 6) is 0.218. The minimum Gasteiger partial charge on any atom is -0.489 e. The molecule has 3 rings (SSSR count). The second-order valence-electron chi connectivity index (χ2n) is 7.15. The molecule has 0 saturated carbocycles. The number of benzene rings is 2. The zero-order valence-electron chi connectivity index (χ0n) is 14.8. The fourth-order valence-electron chi connectivity index (χ4n) is 2.57. The van der Waals surface area contributed by atoms with E-state index in [2.05, 4.69) is 0 Å². The van der Waals surface area contributed by atoms with Gasteiger partial charge in [0.05, 0.1) is 11.2 Å². The van der Waals surface area contributed by atoms with Crippen LogP contribution in [0.1, 0.15) is 33.3 Å². The van der Waals surface area contributed by atoms with Gasteiger partial charge in [0.15, 0.2) is 0 Å². The van der Waals surface area contributed by atoms with E-state index in [1.165, 1.54) is 6.07 Å². The topological polar surface area (TPSA) is 27.7 Å². The van der Waals surface area contributed by atoms with E-state index in [0.717, 1.165) is 5.46 Å². The molecule has 6 heteroatoms. The van der Waals surface area contributed by atoms with Crippen molar-refractivity contribution in [2.75, 3.05) is 0 Å². The molecule has 1 aliphatic rings. The van der Waals surface area contributed by atoms with E-state index >= 15 is 0 Å². The number of para-hydroxylation sites is 1. The first kappa shape index (κ1) is 18.2. The Labute approximate surface area is 153 Å². The summed E-state index contributed by atoms with van der Waals surface area (Å²) in [6.07, 6.45) is 0. The number of halogens is 2. The molecule has 1 aliphatic heterocycles. The first-order valence-electron chi connectivity index (χ1n) is 8.21. The third-order valence-electron chi connectivity index (χ3n) is 4.82. The van der Waals surface area contributed by atoms with Gasteiger partial charge in [0, 0.05) is 16.0 Å². The zero-order valence-corrected chi connectivity index (χ0v) is 15.6. The number of ether oxygens (including phenoxy) is 1. The lowest BCUT2D eigenvalue weighted by Crippen LogP contribution is -2.41. The number of hydrogen-bond acceptors (Lipinski definition) is 3. The molecule has 1 saturated heterocycles. The van der Waals surface area contributed by atoms with E-state index < -0.39 is 18.3 Å². The molecule has 2 aromatic carbocycles. The highest BCUT2D eigenvalue weighted by atomic mass is 35.5. The summed E-state index contributed by atoms with van der Waals surface area (Å²) >= 11 is 5.78. The lowest BCUT2D eigenvalue weighted by atomic mass is 9.78. The molecule has 132 valence electrons. The van der Waals surface area contributed by atoms with Gasteiger partial charge < -0.3 is 14.0 Å². The minimum atomic E-state index is -0.531. The second-order valence-corrected chi connectivity index (χ2v) is 7.59. The molecule has 0 aromatic heterocycles. The first-order valence-corrected chi connectivity index (χ1v) is 8.59. The summed E-state index contributed by atoms with van der Waals surface area (Å²) in [6, 6.07) is 12.0. The van der Waals surface area contributed by atoms with Gasteiger partial charge in [-0.2, -0.15) is 0 Å². The molecular formula is C19H21BClFO3. The fraction of sp³-hybridized carbons (Fsp3) is 0.368. The van der Waals surface area contributed by atoms with Gasteiger partial charge in [-0.1, -0.05) is 35.9 Å². The van der Waals surface area contributed by atoms with Crippen LogP contribution in [0.15, 0.2) is 42.5 Å². The van der Waals surface area contributed by atoms with Crippen LogP contribution in [-0.2, 0) is 15.9 Å². The largest absolute Gasteiger partial charge is 0.498 e. The third kappa shape index (κ3) is 3.69. The predicted molar refractivity (Wildman–Crippen MR) is 97.9 cm³/mol. The Morgan fingerprint density at radius 3 is 2.32 bits per heavy atom. The second kappa shape index (κ2) is 6.63. The van der Waals surface area contributed by atoms with Gasteiger partial charge in [0.2, 0.25) is 0 Å². The van der Waals surface area contributed by atoms with Crippen LogP contribution in [0, 0.1) is 5.82 Å². The molecule has 0 aliphatic carbocycles. The van der Waals surface area contributed by atoms with E-state index in [4.69, 9.17) is 25.6 Å². The van der Waals surface area contributed by atoms with Crippen molar-refractivity contribution < 1.29 is 18.4 Å². The van der Waals surface area contributed by atoms with Crippen LogP contribution in [0.5, 0.6) is 5.75 Å². The van der Waals surface area contributed by atoms with Crippen LogP contribution in [0.2, 0.25) is 5.02 Å². The summed E-state index contributed by atoms with van der Waals surface area (Å²) < 4.78 is 32.0. The SMILES string of the molecule is CC1(C)OB(c2ccccc2OCc2ccc(Cl)cc2F)OC1(C)C. The fourth-order valence-corrected chi connectivity index (χ4v) is 2.73. The van der Waals surface area contributed by atoms with Crippen LogP contribution >= 0.6 is 11.6 Å². The highest BCUT2D eigenvalue weighted by molar-refractivity contribution is 6.63. The van der Waals surface area contributed by atoms with E-state index in [1.807, 2.05) is 52.0 Å². The summed E-state index contributed by atoms with van der Waals surface area (Å²) in [5, 5.41) is 0.360. The van der Waals surface area contributed by atoms with Crippen LogP contribution in [0.4, 0.5) is 4.39 Å². The van der Waals surface area contributed by atoms with Gasteiger partial charge in [-0.25, -0.2) is 4.39 Å². The van der Waals surface area contributed by atoms with Crippen molar-refractivity contribution in [1.82, 2.24) is 0 Å². The van der Waals surface area contributed by atoms with Gasteiger partial charge in [-0.3, -0.25) is 0 Å². The maximum absolute atomic E-state index is 13.9. The molecule has 0 atom stereocenters. The summed E-state index contributed by atoms with van der Waals surface area (Å²) in [4.78, 5) is 0. The van der Waals surface area contributed by atoms with Gasteiger partial charge in [0.1, 0.15) is 18.2 Å². The van der Waals surface area contributed by atoms with E-state index in [1.54, 1.807) is 12.1 Å². The Kier molecular flexibility index (Phi) is 4.84. The Bertz CT molecular complexity index is 763. The Morgan fingerprint density at radius 1 is 1.04 bits per heavy atom. The van der Waals surface area contributed by atoms with Gasteiger partial charge >= 0.3 is 7.12 Å². The van der Waals surface area contributed by atoms with Crippen LogP contribution < -0.4 is 10.2 Å². The smallest absolute Gasteiger partial charge is 0.489 e. The standard InChI is InChI=1S/C19H21BClFO3/c1-18(2)19(3,4)25-20(24-18)15-7-5-6-8-17(15)23-12-13-9-10-14(21)11-16(13)22/h5-11H,12H2,1-4H3. The van der Waals surface area contributed by atoms with Gasteiger partial charge in [-0.15, -0.1) is 0 Å². The molecule has 2 aromatic rings. The van der Waals surface area contributed by atoms with E-state index in [9.17, 15) is 4.39 Å². The average Bonchev–Trinajstić information content (AvgIpc) is 2.75. The van der Waals surface area contributed by atoms with Crippen molar-refractivity contribution in [2.45, 2.75) is 45.5 Å². The molecule has 1 heterocycles. The van der Waals surface area contributed by atoms with E-state index in [-0.39, 0.29) is 12.4 Å². The first-order chi connectivity index (χ1) is 11.7. The normalized spacial score (nSPS) is 18.4. The van der Waals surface area contributed by atoms with Crippen molar-refractivity contribution in [2.24, 2.45) is 0 Å². The van der Waals surface area contributed by atoms with E-state index in [0.29, 0.717) is 16.3 Å². The van der Waals surface area contributed by atoms with Crippen molar-refractivity contribution in [3.05, 3.63) is 58.9 Å². The van der Waals surface area contributed by atoms with Gasteiger partial charge in [0.25, 0.3) is 0 Å². The molecule has 0 amide bonds. The van der Waals surface area contributed by atoms with Crippen molar-refractivity contribution >= 4 is 24.2 Å². The molecule has 0 N–H and O–H groups in total. The lowest BCUT2D eigenvalue weighted by molar-refractivity contribution is 0.00578. The number of rotatable bonds is 4. The molecule has 0 bridgehead atoms. The molecule has 3 nitrogen and oxygen atoms in total. The third-order valence-corrected chi connectivity index (χ3v) is 5.06. The summed E-state index contributed by atoms with van der Waals surface area (Å²) in [5.41, 5.74) is 0.351. The number of hydrogen-bond donors (Lipinski definition) is 0. The van der Waals surface area contributed by atoms with Crippen molar-refractivity contribution in [3.8, 4) is 5.75 Å². The highest BCUT2D eigenvalue weighted by Gasteiger charge is 2.52. The quantitative estimate of drug-likeness (QED) is 0.757. The summed E-state index contributed by atoms with van der Waals surface area (Å²) in [6.45, 7) is 8.09. The van der Waals surface area contributed by atoms with Crippen LogP contribution in [0.3, 0.4) is 0 Å². The Hall–Kier alpha value is -1.56. The minimum absolute atomic E-state index is 0.0967. The van der Waals surface area contributed by atoms with Gasteiger partial charge in [-0.05, 0) is 45.9 Å². The Balaban J connectivity index is 1.80. The maximum Gasteiger partial charge on any atom is 0.498 e. The maximum atomic E-state index is 13.9. The van der Waals surface area contributed by atoms with Crippen LogP contribution in [0.25, 0.3) is 0 Å². The molecule has 0 spiro atoms. The van der Waals surface area contributed by atoms with Crippen molar-refractivity contribution in [1.29, 1.82) is 0 Å². The Morgan fingerprint density at radius 2 is 1.68 bits per heavy atom. The molecule has 1 fully saturated rings. The molecular weight excluding hydrogens is 341 g/mol. The highest BCUT2D eigenvalue weighted by Crippen LogP contribution is 2.37. The van der Waals surface area contributed by atoms with Crippen LogP contribution in [-0.4, -0.2) is 18.3 Å². The predicted octanol–water partition coefficient (Wildman–Crippen LogP) is 4.36. The summed E-state index contributed by atoms with van der Waals surface area (Å²) in [7, 11) is -0.531. The zero-order chi connectivity index (χ0) is 18.2. The lowest BCUT2D eigenvalue weighted by Gasteiger charge is -2.32. The molecule has 25 heavy (non-hydrogen) atoms. The van der Waals surface area contributed by atoms with Crippen molar-refractivity contribution in [3.63, 3.8) is 0 Å². The molecule has 0 radical (unpaired) electrons. The monoisotopic (exact) mass is 362 g/mol. The average molecular weight is 363 g/mol.